The van der Waals surface area contributed by atoms with Crippen LogP contribution in [0.3, 0.4) is 0 Å². The summed E-state index contributed by atoms with van der Waals surface area (Å²) in [5, 5.41) is 16.1. The number of nitrogens with zero attached hydrogens (tertiary/aromatic N) is 3. The highest BCUT2D eigenvalue weighted by molar-refractivity contribution is 6.02. The van der Waals surface area contributed by atoms with Crippen LogP contribution in [0.5, 0.6) is 0 Å². The lowest BCUT2D eigenvalue weighted by Crippen LogP contribution is -2.18. The van der Waals surface area contributed by atoms with Crippen LogP contribution in [-0.2, 0) is 11.8 Å². The Morgan fingerprint density at radius 1 is 1.38 bits per heavy atom. The SMILES string of the molecule is Cc1nn(C)c2n[nH]c(NC(=O)[C@@H](C)c3cc4ccccc4o3)c12. The average molecular weight is 323 g/mol. The molecular formula is C17H17N5O2. The Balaban J connectivity index is 1.62. The van der Waals surface area contributed by atoms with Gasteiger partial charge in [-0.25, -0.2) is 4.68 Å². The van der Waals surface area contributed by atoms with Gasteiger partial charge in [0, 0.05) is 12.4 Å². The van der Waals surface area contributed by atoms with Crippen LogP contribution in [0.15, 0.2) is 34.7 Å². The molecule has 0 saturated heterocycles. The minimum absolute atomic E-state index is 0.164. The molecule has 0 fully saturated rings. The molecule has 0 saturated carbocycles. The summed E-state index contributed by atoms with van der Waals surface area (Å²) in [4.78, 5) is 12.6. The number of hydrogen-bond acceptors (Lipinski definition) is 4. The van der Waals surface area contributed by atoms with Crippen LogP contribution in [0.1, 0.15) is 24.3 Å². The lowest BCUT2D eigenvalue weighted by Gasteiger charge is -2.08. The highest BCUT2D eigenvalue weighted by Crippen LogP contribution is 2.28. The normalized spacial score (nSPS) is 12.8. The van der Waals surface area contributed by atoms with Crippen LogP contribution in [0.4, 0.5) is 5.82 Å². The van der Waals surface area contributed by atoms with Crippen molar-refractivity contribution in [1.82, 2.24) is 20.0 Å². The number of anilines is 1. The van der Waals surface area contributed by atoms with Crippen molar-refractivity contribution < 1.29 is 9.21 Å². The molecule has 0 aliphatic rings. The zero-order chi connectivity index (χ0) is 16.8. The first kappa shape index (κ1) is 14.5. The standard InChI is InChI=1S/C17H17N5O2/c1-9(13-8-11-6-4-5-7-12(11)24-13)17(23)18-15-14-10(2)21-22(3)16(14)20-19-15/h4-9H,1-3H3,(H2,18,19,20,23)/t9-/m0/s1. The molecule has 2 N–H and O–H groups in total. The number of aryl methyl sites for hydroxylation is 2. The Bertz CT molecular complexity index is 1020. The van der Waals surface area contributed by atoms with E-state index >= 15 is 0 Å². The predicted molar refractivity (Wildman–Crippen MR) is 90.9 cm³/mol. The molecule has 0 unspecified atom stereocenters. The summed E-state index contributed by atoms with van der Waals surface area (Å²) in [5.74, 6) is 0.603. The third-order valence-electron chi connectivity index (χ3n) is 4.23. The van der Waals surface area contributed by atoms with Crippen LogP contribution >= 0.6 is 0 Å². The first-order valence-electron chi connectivity index (χ1n) is 7.71. The predicted octanol–water partition coefficient (Wildman–Crippen LogP) is 3.09. The number of aromatic amines is 1. The van der Waals surface area contributed by atoms with Gasteiger partial charge in [-0.1, -0.05) is 18.2 Å². The Kier molecular flexibility index (Phi) is 3.16. The molecule has 0 spiro atoms. The maximum atomic E-state index is 12.6. The monoisotopic (exact) mass is 323 g/mol. The molecule has 3 heterocycles. The highest BCUT2D eigenvalue weighted by atomic mass is 16.3. The van der Waals surface area contributed by atoms with Crippen LogP contribution in [0.2, 0.25) is 0 Å². The van der Waals surface area contributed by atoms with E-state index in [9.17, 15) is 4.79 Å². The number of benzene rings is 1. The smallest absolute Gasteiger partial charge is 0.235 e. The summed E-state index contributed by atoms with van der Waals surface area (Å²) in [6, 6.07) is 9.61. The molecule has 0 bridgehead atoms. The number of carbonyl (C=O) groups is 1. The molecule has 1 aromatic carbocycles. The second kappa shape index (κ2) is 5.23. The molecule has 122 valence electrons. The summed E-state index contributed by atoms with van der Waals surface area (Å²) >= 11 is 0. The van der Waals surface area contributed by atoms with Crippen molar-refractivity contribution in [3.05, 3.63) is 41.8 Å². The molecular weight excluding hydrogens is 306 g/mol. The van der Waals surface area contributed by atoms with E-state index in [2.05, 4.69) is 20.6 Å². The van der Waals surface area contributed by atoms with Crippen molar-refractivity contribution in [2.45, 2.75) is 19.8 Å². The Morgan fingerprint density at radius 3 is 2.96 bits per heavy atom. The fourth-order valence-electron chi connectivity index (χ4n) is 2.90. The number of carbonyl (C=O) groups excluding carboxylic acids is 1. The van der Waals surface area contributed by atoms with E-state index in [1.54, 1.807) is 4.68 Å². The summed E-state index contributed by atoms with van der Waals surface area (Å²) in [6.45, 7) is 3.70. The quantitative estimate of drug-likeness (QED) is 0.606. The van der Waals surface area contributed by atoms with E-state index in [1.807, 2.05) is 51.2 Å². The van der Waals surface area contributed by atoms with Crippen molar-refractivity contribution in [3.8, 4) is 0 Å². The molecule has 0 aliphatic carbocycles. The van der Waals surface area contributed by atoms with Gasteiger partial charge in [-0.05, 0) is 26.0 Å². The number of rotatable bonds is 3. The molecule has 1 atom stereocenters. The first-order valence-corrected chi connectivity index (χ1v) is 7.71. The van der Waals surface area contributed by atoms with Crippen molar-refractivity contribution in [2.75, 3.05) is 5.32 Å². The second-order valence-corrected chi connectivity index (χ2v) is 5.90. The van der Waals surface area contributed by atoms with Crippen molar-refractivity contribution in [1.29, 1.82) is 0 Å². The van der Waals surface area contributed by atoms with Gasteiger partial charge in [0.05, 0.1) is 17.0 Å². The third kappa shape index (κ3) is 2.17. The van der Waals surface area contributed by atoms with Crippen LogP contribution in [0.25, 0.3) is 22.0 Å². The van der Waals surface area contributed by atoms with Crippen molar-refractivity contribution in [3.63, 3.8) is 0 Å². The average Bonchev–Trinajstić information content (AvgIpc) is 3.23. The Hall–Kier alpha value is -3.09. The van der Waals surface area contributed by atoms with E-state index in [0.29, 0.717) is 17.2 Å². The number of aromatic nitrogens is 4. The molecule has 0 aliphatic heterocycles. The minimum Gasteiger partial charge on any atom is -0.460 e. The number of fused-ring (bicyclic) bond motifs is 2. The minimum atomic E-state index is -0.423. The lowest BCUT2D eigenvalue weighted by atomic mass is 10.1. The molecule has 4 rings (SSSR count). The number of amides is 1. The molecule has 4 aromatic rings. The topological polar surface area (TPSA) is 88.7 Å². The van der Waals surface area contributed by atoms with Crippen molar-refractivity contribution >= 4 is 33.7 Å². The molecule has 0 radical (unpaired) electrons. The van der Waals surface area contributed by atoms with E-state index < -0.39 is 5.92 Å². The summed E-state index contributed by atoms with van der Waals surface area (Å²) in [5.41, 5.74) is 2.30. The summed E-state index contributed by atoms with van der Waals surface area (Å²) < 4.78 is 7.46. The van der Waals surface area contributed by atoms with Gasteiger partial charge in [-0.3, -0.25) is 9.89 Å². The maximum absolute atomic E-state index is 12.6. The van der Waals surface area contributed by atoms with Gasteiger partial charge in [0.15, 0.2) is 5.65 Å². The number of hydrogen-bond donors (Lipinski definition) is 2. The largest absolute Gasteiger partial charge is 0.460 e. The van der Waals surface area contributed by atoms with Gasteiger partial charge in [-0.15, -0.1) is 0 Å². The zero-order valence-electron chi connectivity index (χ0n) is 13.6. The van der Waals surface area contributed by atoms with E-state index in [1.165, 1.54) is 0 Å². The van der Waals surface area contributed by atoms with Crippen LogP contribution in [0, 0.1) is 6.92 Å². The molecule has 1 amide bonds. The number of nitrogens with one attached hydrogen (secondary N) is 2. The van der Waals surface area contributed by atoms with Gasteiger partial charge in [-0.2, -0.15) is 10.2 Å². The Labute approximate surface area is 137 Å². The summed E-state index contributed by atoms with van der Waals surface area (Å²) in [7, 11) is 1.82. The fourth-order valence-corrected chi connectivity index (χ4v) is 2.90. The Morgan fingerprint density at radius 2 is 2.17 bits per heavy atom. The zero-order valence-corrected chi connectivity index (χ0v) is 13.6. The highest BCUT2D eigenvalue weighted by Gasteiger charge is 2.22. The molecule has 24 heavy (non-hydrogen) atoms. The fraction of sp³-hybridized carbons (Fsp3) is 0.235. The molecule has 7 nitrogen and oxygen atoms in total. The van der Waals surface area contributed by atoms with E-state index in [0.717, 1.165) is 22.0 Å². The van der Waals surface area contributed by atoms with Crippen molar-refractivity contribution in [2.24, 2.45) is 7.05 Å². The number of furan rings is 1. The lowest BCUT2D eigenvalue weighted by molar-refractivity contribution is -0.117. The molecule has 3 aromatic heterocycles. The van der Waals surface area contributed by atoms with Gasteiger partial charge >= 0.3 is 0 Å². The maximum Gasteiger partial charge on any atom is 0.235 e. The molecule has 7 heteroatoms. The first-order chi connectivity index (χ1) is 11.5. The second-order valence-electron chi connectivity index (χ2n) is 5.90. The van der Waals surface area contributed by atoms with Gasteiger partial charge in [0.25, 0.3) is 0 Å². The summed E-state index contributed by atoms with van der Waals surface area (Å²) in [6.07, 6.45) is 0. The van der Waals surface area contributed by atoms with Crippen LogP contribution < -0.4 is 5.32 Å². The van der Waals surface area contributed by atoms with E-state index in [4.69, 9.17) is 4.42 Å². The number of H-pyrrole nitrogens is 1. The number of para-hydroxylation sites is 1. The van der Waals surface area contributed by atoms with Gasteiger partial charge in [0.1, 0.15) is 17.2 Å². The third-order valence-corrected chi connectivity index (χ3v) is 4.23. The van der Waals surface area contributed by atoms with Gasteiger partial charge < -0.3 is 9.73 Å². The van der Waals surface area contributed by atoms with E-state index in [-0.39, 0.29) is 5.91 Å². The van der Waals surface area contributed by atoms with Gasteiger partial charge in [0.2, 0.25) is 5.91 Å². The van der Waals surface area contributed by atoms with Crippen LogP contribution in [-0.4, -0.2) is 25.9 Å².